The van der Waals surface area contributed by atoms with Crippen molar-refractivity contribution < 1.29 is 24.9 Å². The fourth-order valence-corrected chi connectivity index (χ4v) is 2.83. The molecule has 4 atom stereocenters. The van der Waals surface area contributed by atoms with E-state index in [4.69, 9.17) is 4.74 Å². The number of anilines is 1. The van der Waals surface area contributed by atoms with E-state index in [9.17, 15) is 24.9 Å². The maximum atomic E-state index is 12.3. The van der Waals surface area contributed by atoms with E-state index in [1.165, 1.54) is 19.2 Å². The molecule has 0 radical (unpaired) electrons. The highest BCUT2D eigenvalue weighted by atomic mass is 16.6. The largest absolute Gasteiger partial charge is 0.394 e. The SMILES string of the molecule is C[C@]1(O)[C@@H](O)[C@@H](CO)O[C@H]1n1ccc(NC(=O)c2ccccc2)nc1=O. The monoisotopic (exact) mass is 361 g/mol. The molecule has 1 aliphatic heterocycles. The van der Waals surface area contributed by atoms with Crippen LogP contribution in [-0.2, 0) is 4.74 Å². The van der Waals surface area contributed by atoms with E-state index >= 15 is 0 Å². The van der Waals surface area contributed by atoms with Crippen molar-refractivity contribution in [1.29, 1.82) is 0 Å². The number of rotatable bonds is 4. The van der Waals surface area contributed by atoms with Crippen molar-refractivity contribution in [3.05, 3.63) is 58.6 Å². The Balaban J connectivity index is 1.82. The van der Waals surface area contributed by atoms with Gasteiger partial charge in [-0.2, -0.15) is 4.98 Å². The van der Waals surface area contributed by atoms with Gasteiger partial charge >= 0.3 is 5.69 Å². The molecule has 1 fully saturated rings. The maximum absolute atomic E-state index is 12.3. The molecule has 0 aliphatic carbocycles. The molecule has 138 valence electrons. The second kappa shape index (κ2) is 6.96. The third kappa shape index (κ3) is 3.25. The average Bonchev–Trinajstić information content (AvgIpc) is 2.85. The predicted molar refractivity (Wildman–Crippen MR) is 90.5 cm³/mol. The number of hydrogen-bond donors (Lipinski definition) is 4. The summed E-state index contributed by atoms with van der Waals surface area (Å²) in [4.78, 5) is 28.2. The molecule has 1 aromatic carbocycles. The highest BCUT2D eigenvalue weighted by molar-refractivity contribution is 6.03. The summed E-state index contributed by atoms with van der Waals surface area (Å²) in [5, 5.41) is 32.2. The summed E-state index contributed by atoms with van der Waals surface area (Å²) < 4.78 is 6.38. The van der Waals surface area contributed by atoms with Crippen LogP contribution in [0.1, 0.15) is 23.5 Å². The first-order valence-electron chi connectivity index (χ1n) is 7.97. The summed E-state index contributed by atoms with van der Waals surface area (Å²) in [6.07, 6.45) is -2.34. The highest BCUT2D eigenvalue weighted by Gasteiger charge is 2.53. The third-order valence-corrected chi connectivity index (χ3v) is 4.29. The van der Waals surface area contributed by atoms with Crippen LogP contribution in [0.25, 0.3) is 0 Å². The second-order valence-corrected chi connectivity index (χ2v) is 6.20. The van der Waals surface area contributed by atoms with Crippen LogP contribution in [-0.4, -0.2) is 55.2 Å². The quantitative estimate of drug-likeness (QED) is 0.577. The van der Waals surface area contributed by atoms with Crippen molar-refractivity contribution in [2.45, 2.75) is 31.0 Å². The number of nitrogens with zero attached hydrogens (tertiary/aromatic N) is 2. The summed E-state index contributed by atoms with van der Waals surface area (Å²) in [7, 11) is 0. The summed E-state index contributed by atoms with van der Waals surface area (Å²) in [5.41, 5.74) is -2.17. The number of hydrogen-bond acceptors (Lipinski definition) is 7. The van der Waals surface area contributed by atoms with Crippen LogP contribution in [0.4, 0.5) is 5.82 Å². The average molecular weight is 361 g/mol. The fourth-order valence-electron chi connectivity index (χ4n) is 2.83. The van der Waals surface area contributed by atoms with Crippen LogP contribution in [0.5, 0.6) is 0 Å². The fraction of sp³-hybridized carbons (Fsp3) is 0.353. The molecule has 0 saturated carbocycles. The summed E-state index contributed by atoms with van der Waals surface area (Å²) in [6.45, 7) is 0.788. The predicted octanol–water partition coefficient (Wildman–Crippen LogP) is -0.503. The summed E-state index contributed by atoms with van der Waals surface area (Å²) >= 11 is 0. The summed E-state index contributed by atoms with van der Waals surface area (Å²) in [6, 6.07) is 9.82. The molecule has 0 spiro atoms. The van der Waals surface area contributed by atoms with Crippen LogP contribution in [0, 0.1) is 0 Å². The zero-order chi connectivity index (χ0) is 18.9. The molecule has 9 nitrogen and oxygen atoms in total. The zero-order valence-electron chi connectivity index (χ0n) is 13.9. The number of aliphatic hydroxyl groups is 3. The molecule has 1 amide bonds. The van der Waals surface area contributed by atoms with Gasteiger partial charge < -0.3 is 25.4 Å². The van der Waals surface area contributed by atoms with E-state index in [0.717, 1.165) is 4.57 Å². The number of aromatic nitrogens is 2. The Morgan fingerprint density at radius 1 is 1.35 bits per heavy atom. The Bertz CT molecular complexity index is 851. The normalized spacial score (nSPS) is 28.1. The number of carbonyl (C=O) groups is 1. The number of amides is 1. The Morgan fingerprint density at radius 3 is 2.62 bits per heavy atom. The van der Waals surface area contributed by atoms with Gasteiger partial charge in [0.25, 0.3) is 5.91 Å². The summed E-state index contributed by atoms with van der Waals surface area (Å²) in [5.74, 6) is -0.382. The van der Waals surface area contributed by atoms with E-state index in [1.807, 2.05) is 0 Å². The Morgan fingerprint density at radius 2 is 2.04 bits per heavy atom. The van der Waals surface area contributed by atoms with Gasteiger partial charge in [-0.3, -0.25) is 9.36 Å². The van der Waals surface area contributed by atoms with Gasteiger partial charge in [0.2, 0.25) is 0 Å². The lowest BCUT2D eigenvalue weighted by Crippen LogP contribution is -2.46. The van der Waals surface area contributed by atoms with E-state index in [1.54, 1.807) is 30.3 Å². The molecule has 1 aromatic heterocycles. The third-order valence-electron chi connectivity index (χ3n) is 4.29. The standard InChI is InChI=1S/C17H19N3O6/c1-17(25)13(22)11(9-21)26-15(17)20-8-7-12(19-16(20)24)18-14(23)10-5-3-2-4-6-10/h2-8,11,13,15,21-22,25H,9H2,1H3,(H,18,19,23,24)/t11-,13+,15-,17+/m1/s1. The van der Waals surface area contributed by atoms with E-state index in [2.05, 4.69) is 10.3 Å². The van der Waals surface area contributed by atoms with E-state index < -0.39 is 42.2 Å². The second-order valence-electron chi connectivity index (χ2n) is 6.20. The molecule has 9 heteroatoms. The van der Waals surface area contributed by atoms with Gasteiger partial charge in [0.15, 0.2) is 6.23 Å². The van der Waals surface area contributed by atoms with Crippen molar-refractivity contribution >= 4 is 11.7 Å². The van der Waals surface area contributed by atoms with Crippen molar-refractivity contribution in [3.63, 3.8) is 0 Å². The van der Waals surface area contributed by atoms with Gasteiger partial charge in [-0.15, -0.1) is 0 Å². The number of aliphatic hydroxyl groups excluding tert-OH is 2. The van der Waals surface area contributed by atoms with Crippen LogP contribution in [0.3, 0.4) is 0 Å². The first-order valence-corrected chi connectivity index (χ1v) is 7.97. The lowest BCUT2D eigenvalue weighted by molar-refractivity contribution is -0.0986. The first-order chi connectivity index (χ1) is 12.3. The molecule has 0 bridgehead atoms. The van der Waals surface area contributed by atoms with E-state index in [-0.39, 0.29) is 5.82 Å². The number of ether oxygens (including phenoxy) is 1. The van der Waals surface area contributed by atoms with Gasteiger partial charge in [0, 0.05) is 11.8 Å². The van der Waals surface area contributed by atoms with Gasteiger partial charge in [-0.1, -0.05) is 18.2 Å². The minimum absolute atomic E-state index is 0.0389. The van der Waals surface area contributed by atoms with Crippen LogP contribution >= 0.6 is 0 Å². The Hall–Kier alpha value is -2.59. The smallest absolute Gasteiger partial charge is 0.351 e. The molecule has 0 unspecified atom stereocenters. The molecular weight excluding hydrogens is 342 g/mol. The van der Waals surface area contributed by atoms with Crippen LogP contribution < -0.4 is 11.0 Å². The first kappa shape index (κ1) is 18.2. The molecule has 1 saturated heterocycles. The van der Waals surface area contributed by atoms with Gasteiger partial charge in [0.1, 0.15) is 23.6 Å². The van der Waals surface area contributed by atoms with Crippen molar-refractivity contribution in [2.75, 3.05) is 11.9 Å². The highest BCUT2D eigenvalue weighted by Crippen LogP contribution is 2.37. The molecule has 26 heavy (non-hydrogen) atoms. The molecule has 3 rings (SSSR count). The maximum Gasteiger partial charge on any atom is 0.351 e. The minimum atomic E-state index is -1.80. The van der Waals surface area contributed by atoms with Gasteiger partial charge in [0.05, 0.1) is 6.61 Å². The zero-order valence-corrected chi connectivity index (χ0v) is 13.9. The van der Waals surface area contributed by atoms with Crippen molar-refractivity contribution in [3.8, 4) is 0 Å². The Kier molecular flexibility index (Phi) is 4.88. The van der Waals surface area contributed by atoms with E-state index in [0.29, 0.717) is 5.56 Å². The van der Waals surface area contributed by atoms with Crippen molar-refractivity contribution in [2.24, 2.45) is 0 Å². The molecule has 2 aromatic rings. The Labute approximate surface area is 148 Å². The van der Waals surface area contributed by atoms with Crippen molar-refractivity contribution in [1.82, 2.24) is 9.55 Å². The minimum Gasteiger partial charge on any atom is -0.394 e. The topological polar surface area (TPSA) is 134 Å². The van der Waals surface area contributed by atoms with Crippen LogP contribution in [0.2, 0.25) is 0 Å². The molecule has 2 heterocycles. The number of benzene rings is 1. The molecule has 4 N–H and O–H groups in total. The number of carbonyl (C=O) groups excluding carboxylic acids is 1. The molecule has 1 aliphatic rings. The lowest BCUT2D eigenvalue weighted by atomic mass is 9.96. The van der Waals surface area contributed by atoms with Gasteiger partial charge in [-0.25, -0.2) is 4.79 Å². The lowest BCUT2D eigenvalue weighted by Gasteiger charge is -2.27. The number of nitrogens with one attached hydrogen (secondary N) is 1. The van der Waals surface area contributed by atoms with Gasteiger partial charge in [-0.05, 0) is 25.1 Å². The molecular formula is C17H19N3O6. The van der Waals surface area contributed by atoms with Crippen LogP contribution in [0.15, 0.2) is 47.4 Å².